The standard InChI is InChI=1S/C29H33ClN2O4/c1-19-25(28(33)35-3)27(22-14-8-9-15-23(22)30)26(20(2)31-19)29(34)36-24(21-12-6-4-7-13-21)18-32-16-10-5-11-17-32/h4,6-9,12-15,24,27,31H,5,10-11,16-18H2,1-3H3. The number of dihydropyridines is 1. The van der Waals surface area contributed by atoms with Crippen molar-refractivity contribution in [3.63, 3.8) is 0 Å². The molecule has 1 saturated heterocycles. The van der Waals surface area contributed by atoms with Crippen molar-refractivity contribution in [2.75, 3.05) is 26.7 Å². The smallest absolute Gasteiger partial charge is 0.337 e. The van der Waals surface area contributed by atoms with Gasteiger partial charge in [0.1, 0.15) is 6.10 Å². The normalized spacial score (nSPS) is 19.5. The van der Waals surface area contributed by atoms with Crippen molar-refractivity contribution in [1.29, 1.82) is 0 Å². The third kappa shape index (κ3) is 5.66. The lowest BCUT2D eigenvalue weighted by atomic mass is 9.80. The van der Waals surface area contributed by atoms with Crippen molar-refractivity contribution in [1.82, 2.24) is 10.2 Å². The minimum absolute atomic E-state index is 0.343. The second-order valence-electron chi connectivity index (χ2n) is 9.31. The number of carbonyl (C=O) groups is 2. The summed E-state index contributed by atoms with van der Waals surface area (Å²) >= 11 is 6.59. The zero-order valence-corrected chi connectivity index (χ0v) is 21.8. The maximum absolute atomic E-state index is 13.9. The number of hydrogen-bond donors (Lipinski definition) is 1. The Labute approximate surface area is 217 Å². The van der Waals surface area contributed by atoms with Crippen molar-refractivity contribution in [2.24, 2.45) is 0 Å². The summed E-state index contributed by atoms with van der Waals surface area (Å²) in [6.45, 7) is 6.21. The fourth-order valence-corrected chi connectivity index (χ4v) is 5.36. The molecule has 0 aliphatic carbocycles. The van der Waals surface area contributed by atoms with Crippen molar-refractivity contribution < 1.29 is 19.1 Å². The number of carbonyl (C=O) groups excluding carboxylic acids is 2. The van der Waals surface area contributed by atoms with Gasteiger partial charge in [-0.25, -0.2) is 9.59 Å². The molecule has 6 nitrogen and oxygen atoms in total. The highest BCUT2D eigenvalue weighted by Crippen LogP contribution is 2.42. The lowest BCUT2D eigenvalue weighted by Gasteiger charge is -2.33. The number of hydrogen-bond acceptors (Lipinski definition) is 6. The number of ether oxygens (including phenoxy) is 2. The van der Waals surface area contributed by atoms with Crippen LogP contribution in [-0.2, 0) is 19.1 Å². The molecule has 0 spiro atoms. The number of methoxy groups -OCH3 is 1. The van der Waals surface area contributed by atoms with Gasteiger partial charge in [0.25, 0.3) is 0 Å². The third-order valence-corrected chi connectivity index (χ3v) is 7.24. The van der Waals surface area contributed by atoms with Crippen molar-refractivity contribution in [3.8, 4) is 0 Å². The topological polar surface area (TPSA) is 67.9 Å². The molecule has 2 aromatic carbocycles. The van der Waals surface area contributed by atoms with Crippen LogP contribution in [0.5, 0.6) is 0 Å². The van der Waals surface area contributed by atoms with Gasteiger partial charge in [-0.2, -0.15) is 0 Å². The molecule has 1 N–H and O–H groups in total. The number of allylic oxidation sites excluding steroid dienone is 2. The number of benzene rings is 2. The van der Waals surface area contributed by atoms with Crippen LogP contribution in [-0.4, -0.2) is 43.6 Å². The first-order valence-corrected chi connectivity index (χ1v) is 12.8. The number of likely N-dealkylation sites (tertiary alicyclic amines) is 1. The monoisotopic (exact) mass is 508 g/mol. The minimum Gasteiger partial charge on any atom is -0.466 e. The van der Waals surface area contributed by atoms with Crippen LogP contribution >= 0.6 is 11.6 Å². The van der Waals surface area contributed by atoms with E-state index in [9.17, 15) is 9.59 Å². The summed E-state index contributed by atoms with van der Waals surface area (Å²) in [7, 11) is 1.33. The van der Waals surface area contributed by atoms with E-state index in [1.54, 1.807) is 13.0 Å². The highest BCUT2D eigenvalue weighted by molar-refractivity contribution is 6.31. The SMILES string of the molecule is COC(=O)C1=C(C)NC(C)=C(C(=O)OC(CN2CCCCC2)c2ccccc2)C1c1ccccc1Cl. The molecule has 2 aliphatic heterocycles. The van der Waals surface area contributed by atoms with Gasteiger partial charge in [-0.15, -0.1) is 0 Å². The molecule has 36 heavy (non-hydrogen) atoms. The molecule has 2 aliphatic rings. The number of esters is 2. The third-order valence-electron chi connectivity index (χ3n) is 6.90. The quantitative estimate of drug-likeness (QED) is 0.497. The summed E-state index contributed by atoms with van der Waals surface area (Å²) in [6, 6.07) is 17.1. The molecule has 2 aromatic rings. The summed E-state index contributed by atoms with van der Waals surface area (Å²) in [5.74, 6) is -1.72. The second kappa shape index (κ2) is 11.8. The summed E-state index contributed by atoms with van der Waals surface area (Å²) in [4.78, 5) is 29.2. The zero-order valence-electron chi connectivity index (χ0n) is 21.1. The molecule has 1 fully saturated rings. The molecule has 0 saturated carbocycles. The fourth-order valence-electron chi connectivity index (χ4n) is 5.11. The molecule has 2 atom stereocenters. The van der Waals surface area contributed by atoms with E-state index in [0.717, 1.165) is 31.5 Å². The summed E-state index contributed by atoms with van der Waals surface area (Å²) in [6.07, 6.45) is 3.07. The predicted octanol–water partition coefficient (Wildman–Crippen LogP) is 5.52. The Bertz CT molecular complexity index is 1170. The minimum atomic E-state index is -0.716. The van der Waals surface area contributed by atoms with Crippen LogP contribution < -0.4 is 5.32 Å². The van der Waals surface area contributed by atoms with E-state index in [2.05, 4.69) is 10.2 Å². The molecule has 7 heteroatoms. The highest BCUT2D eigenvalue weighted by Gasteiger charge is 2.39. The number of halogens is 1. The van der Waals surface area contributed by atoms with Crippen LogP contribution in [0.3, 0.4) is 0 Å². The Morgan fingerprint density at radius 1 is 0.944 bits per heavy atom. The van der Waals surface area contributed by atoms with E-state index in [4.69, 9.17) is 21.1 Å². The molecule has 0 aromatic heterocycles. The maximum Gasteiger partial charge on any atom is 0.337 e. The first-order chi connectivity index (χ1) is 17.4. The number of nitrogens with one attached hydrogen (secondary N) is 1. The highest BCUT2D eigenvalue weighted by atomic mass is 35.5. The molecule has 4 rings (SSSR count). The molecular weight excluding hydrogens is 476 g/mol. The van der Waals surface area contributed by atoms with Crippen molar-refractivity contribution in [3.05, 3.63) is 93.3 Å². The van der Waals surface area contributed by atoms with Crippen LogP contribution in [0, 0.1) is 0 Å². The van der Waals surface area contributed by atoms with Crippen molar-refractivity contribution >= 4 is 23.5 Å². The molecular formula is C29H33ClN2O4. The van der Waals surface area contributed by atoms with E-state index in [-0.39, 0.29) is 0 Å². The average molecular weight is 509 g/mol. The van der Waals surface area contributed by atoms with Gasteiger partial charge in [-0.05, 0) is 57.0 Å². The molecule has 0 amide bonds. The van der Waals surface area contributed by atoms with Crippen LogP contribution in [0.1, 0.15) is 56.3 Å². The molecule has 0 radical (unpaired) electrons. The second-order valence-corrected chi connectivity index (χ2v) is 9.72. The van der Waals surface area contributed by atoms with E-state index in [1.807, 2.05) is 55.5 Å². The van der Waals surface area contributed by atoms with Crippen LogP contribution in [0.4, 0.5) is 0 Å². The Balaban J connectivity index is 1.72. The average Bonchev–Trinajstić information content (AvgIpc) is 2.89. The Kier molecular flexibility index (Phi) is 8.49. The first kappa shape index (κ1) is 26.0. The summed E-state index contributed by atoms with van der Waals surface area (Å²) in [5.41, 5.74) is 3.53. The van der Waals surface area contributed by atoms with Gasteiger partial charge in [0.05, 0.1) is 24.2 Å². The Hall–Kier alpha value is -3.09. The van der Waals surface area contributed by atoms with Crippen LogP contribution in [0.2, 0.25) is 5.02 Å². The van der Waals surface area contributed by atoms with Gasteiger partial charge in [0, 0.05) is 23.0 Å². The zero-order chi connectivity index (χ0) is 25.7. The number of piperidine rings is 1. The van der Waals surface area contributed by atoms with Gasteiger partial charge in [0.2, 0.25) is 0 Å². The lowest BCUT2D eigenvalue weighted by Crippen LogP contribution is -2.36. The van der Waals surface area contributed by atoms with Gasteiger partial charge in [-0.1, -0.05) is 66.6 Å². The maximum atomic E-state index is 13.9. The largest absolute Gasteiger partial charge is 0.466 e. The fraction of sp³-hybridized carbons (Fsp3) is 0.379. The summed E-state index contributed by atoms with van der Waals surface area (Å²) in [5, 5.41) is 3.66. The molecule has 2 unspecified atom stereocenters. The van der Waals surface area contributed by atoms with E-state index >= 15 is 0 Å². The molecule has 0 bridgehead atoms. The lowest BCUT2D eigenvalue weighted by molar-refractivity contribution is -0.146. The van der Waals surface area contributed by atoms with E-state index in [0.29, 0.717) is 39.7 Å². The van der Waals surface area contributed by atoms with Gasteiger partial charge in [-0.3, -0.25) is 4.90 Å². The number of rotatable bonds is 7. The van der Waals surface area contributed by atoms with Gasteiger partial charge >= 0.3 is 11.9 Å². The van der Waals surface area contributed by atoms with E-state index < -0.39 is 24.0 Å². The Morgan fingerprint density at radius 2 is 1.56 bits per heavy atom. The summed E-state index contributed by atoms with van der Waals surface area (Å²) < 4.78 is 11.3. The van der Waals surface area contributed by atoms with E-state index in [1.165, 1.54) is 13.5 Å². The molecule has 190 valence electrons. The molecule has 2 heterocycles. The Morgan fingerprint density at radius 3 is 2.19 bits per heavy atom. The number of nitrogens with zero attached hydrogens (tertiary/aromatic N) is 1. The van der Waals surface area contributed by atoms with Crippen molar-refractivity contribution in [2.45, 2.75) is 45.1 Å². The first-order valence-electron chi connectivity index (χ1n) is 12.4. The van der Waals surface area contributed by atoms with Gasteiger partial charge in [0.15, 0.2) is 0 Å². The van der Waals surface area contributed by atoms with Gasteiger partial charge < -0.3 is 14.8 Å². The van der Waals surface area contributed by atoms with Crippen LogP contribution in [0.15, 0.2) is 77.1 Å². The predicted molar refractivity (Wildman–Crippen MR) is 140 cm³/mol. The van der Waals surface area contributed by atoms with Crippen LogP contribution in [0.25, 0.3) is 0 Å².